The largest absolute Gasteiger partial charge is 0.287 e. The van der Waals surface area contributed by atoms with Crippen molar-refractivity contribution in [2.45, 2.75) is 17.2 Å². The van der Waals surface area contributed by atoms with Crippen LogP contribution in [0.25, 0.3) is 10.2 Å². The molecule has 0 aliphatic carbocycles. The maximum Gasteiger partial charge on any atom is 0.196 e. The summed E-state index contributed by atoms with van der Waals surface area (Å²) in [6, 6.07) is 5.90. The Balaban J connectivity index is 2.49. The van der Waals surface area contributed by atoms with Crippen LogP contribution in [0.4, 0.5) is 0 Å². The van der Waals surface area contributed by atoms with Gasteiger partial charge in [-0.1, -0.05) is 6.07 Å². The molecule has 19 heavy (non-hydrogen) atoms. The number of thiazole rings is 1. The van der Waals surface area contributed by atoms with Gasteiger partial charge < -0.3 is 0 Å². The number of para-hydroxylation sites is 1. The number of hydrogen-bond acceptors (Lipinski definition) is 5. The summed E-state index contributed by atoms with van der Waals surface area (Å²) in [4.78, 5) is 28.2. The van der Waals surface area contributed by atoms with E-state index in [4.69, 9.17) is 0 Å². The van der Waals surface area contributed by atoms with Crippen molar-refractivity contribution in [2.75, 3.05) is 6.26 Å². The number of nitrogens with zero attached hydrogens (tertiary/aromatic N) is 1. The Bertz CT molecular complexity index is 638. The van der Waals surface area contributed by atoms with E-state index in [0.29, 0.717) is 5.01 Å². The smallest absolute Gasteiger partial charge is 0.196 e. The summed E-state index contributed by atoms with van der Waals surface area (Å²) in [5, 5.41) is -0.0668. The van der Waals surface area contributed by atoms with Gasteiger partial charge in [-0.3, -0.25) is 9.59 Å². The lowest BCUT2D eigenvalue weighted by Crippen LogP contribution is -2.09. The van der Waals surface area contributed by atoms with Crippen molar-refractivity contribution >= 4 is 68.8 Å². The minimum atomic E-state index is -0.611. The molecule has 0 bridgehead atoms. The molecular formula is C12H11NO2S4. The first-order valence-electron chi connectivity index (χ1n) is 5.41. The molecule has 0 N–H and O–H groups in total. The second-order valence-corrected chi connectivity index (χ2v) is 6.70. The molecule has 0 saturated heterocycles. The SMILES string of the molecule is CSc1cccc2sc(C(CC(=O)S)C(=O)S)nc12. The molecule has 100 valence electrons. The third-order valence-corrected chi connectivity index (χ3v) is 4.99. The highest BCUT2D eigenvalue weighted by atomic mass is 32.2. The third-order valence-electron chi connectivity index (χ3n) is 2.59. The molecule has 0 fully saturated rings. The van der Waals surface area contributed by atoms with Crippen LogP contribution in [0.5, 0.6) is 0 Å². The van der Waals surface area contributed by atoms with Gasteiger partial charge >= 0.3 is 0 Å². The molecule has 0 amide bonds. The summed E-state index contributed by atoms with van der Waals surface area (Å²) in [7, 11) is 0. The van der Waals surface area contributed by atoms with Crippen LogP contribution in [-0.4, -0.2) is 21.5 Å². The standard InChI is InChI=1S/C12H11NO2S4/c1-18-7-3-2-4-8-10(7)13-11(19-8)6(12(15)17)5-9(14)16/h2-4,6H,5H2,1H3,(H,14,16)(H,15,17). The zero-order chi connectivity index (χ0) is 14.0. The molecule has 2 aromatic rings. The molecular weight excluding hydrogens is 318 g/mol. The quantitative estimate of drug-likeness (QED) is 0.652. The molecule has 1 aromatic carbocycles. The Kier molecular flexibility index (Phi) is 4.94. The summed E-state index contributed by atoms with van der Waals surface area (Å²) in [6.45, 7) is 0. The van der Waals surface area contributed by atoms with Crippen LogP contribution in [-0.2, 0) is 9.59 Å². The second-order valence-electron chi connectivity index (χ2n) is 3.85. The van der Waals surface area contributed by atoms with Crippen molar-refractivity contribution in [2.24, 2.45) is 0 Å². The summed E-state index contributed by atoms with van der Waals surface area (Å²) in [6.07, 6.45) is 2.01. The first kappa shape index (κ1) is 14.9. The van der Waals surface area contributed by atoms with Gasteiger partial charge in [-0.2, -0.15) is 0 Å². The number of hydrogen-bond donors (Lipinski definition) is 2. The Labute approximate surface area is 130 Å². The normalized spacial score (nSPS) is 12.6. The predicted molar refractivity (Wildman–Crippen MR) is 86.7 cm³/mol. The predicted octanol–water partition coefficient (Wildman–Crippen LogP) is 3.40. The third kappa shape index (κ3) is 3.34. The van der Waals surface area contributed by atoms with E-state index in [2.05, 4.69) is 30.2 Å². The molecule has 0 aliphatic heterocycles. The molecule has 0 spiro atoms. The van der Waals surface area contributed by atoms with Gasteiger partial charge in [-0.25, -0.2) is 4.98 Å². The minimum Gasteiger partial charge on any atom is -0.287 e. The lowest BCUT2D eigenvalue weighted by atomic mass is 10.1. The van der Waals surface area contributed by atoms with Crippen molar-refractivity contribution in [3.05, 3.63) is 23.2 Å². The van der Waals surface area contributed by atoms with E-state index in [0.717, 1.165) is 15.1 Å². The Morgan fingerprint density at radius 2 is 2.16 bits per heavy atom. The number of carbonyl (C=O) groups is 2. The van der Waals surface area contributed by atoms with Gasteiger partial charge in [-0.15, -0.1) is 48.4 Å². The molecule has 1 unspecified atom stereocenters. The van der Waals surface area contributed by atoms with Crippen LogP contribution in [0.3, 0.4) is 0 Å². The highest BCUT2D eigenvalue weighted by molar-refractivity contribution is 7.98. The van der Waals surface area contributed by atoms with E-state index in [9.17, 15) is 9.59 Å². The number of thiol groups is 2. The van der Waals surface area contributed by atoms with Gasteiger partial charge in [0.2, 0.25) is 0 Å². The van der Waals surface area contributed by atoms with E-state index in [1.165, 1.54) is 11.3 Å². The molecule has 0 saturated carbocycles. The van der Waals surface area contributed by atoms with Gasteiger partial charge in [0.25, 0.3) is 0 Å². The fourth-order valence-electron chi connectivity index (χ4n) is 1.71. The van der Waals surface area contributed by atoms with Gasteiger partial charge in [0, 0.05) is 11.3 Å². The average molecular weight is 329 g/mol. The van der Waals surface area contributed by atoms with Crippen molar-refractivity contribution in [1.29, 1.82) is 0 Å². The maximum absolute atomic E-state index is 11.6. The highest BCUT2D eigenvalue weighted by Gasteiger charge is 2.24. The number of benzene rings is 1. The molecule has 1 heterocycles. The van der Waals surface area contributed by atoms with E-state index in [1.807, 2.05) is 24.5 Å². The number of aromatic nitrogens is 1. The topological polar surface area (TPSA) is 47.0 Å². The molecule has 1 aromatic heterocycles. The van der Waals surface area contributed by atoms with E-state index in [1.54, 1.807) is 11.8 Å². The van der Waals surface area contributed by atoms with Gasteiger partial charge in [0.05, 0.1) is 16.1 Å². The number of thioether (sulfide) groups is 1. The maximum atomic E-state index is 11.6. The zero-order valence-electron chi connectivity index (χ0n) is 9.99. The Morgan fingerprint density at radius 1 is 1.42 bits per heavy atom. The number of carbonyl (C=O) groups excluding carboxylic acids is 2. The fourth-order valence-corrected chi connectivity index (χ4v) is 3.91. The van der Waals surface area contributed by atoms with E-state index < -0.39 is 5.92 Å². The first-order valence-corrected chi connectivity index (χ1v) is 8.34. The van der Waals surface area contributed by atoms with Gasteiger partial charge in [0.15, 0.2) is 10.2 Å². The van der Waals surface area contributed by atoms with Crippen molar-refractivity contribution in [3.8, 4) is 0 Å². The molecule has 2 rings (SSSR count). The van der Waals surface area contributed by atoms with Crippen molar-refractivity contribution < 1.29 is 9.59 Å². The lowest BCUT2D eigenvalue weighted by molar-refractivity contribution is -0.116. The molecule has 0 aliphatic rings. The Morgan fingerprint density at radius 3 is 2.74 bits per heavy atom. The lowest BCUT2D eigenvalue weighted by Gasteiger charge is -2.06. The van der Waals surface area contributed by atoms with Gasteiger partial charge in [-0.05, 0) is 18.4 Å². The molecule has 1 atom stereocenters. The summed E-state index contributed by atoms with van der Waals surface area (Å²) in [5.41, 5.74) is 0.876. The number of fused-ring (bicyclic) bond motifs is 1. The van der Waals surface area contributed by atoms with E-state index in [-0.39, 0.29) is 16.7 Å². The fraction of sp³-hybridized carbons (Fsp3) is 0.250. The average Bonchev–Trinajstić information content (AvgIpc) is 2.78. The highest BCUT2D eigenvalue weighted by Crippen LogP contribution is 2.35. The molecule has 3 nitrogen and oxygen atoms in total. The first-order chi connectivity index (χ1) is 9.02. The zero-order valence-corrected chi connectivity index (χ0v) is 13.4. The van der Waals surface area contributed by atoms with Crippen LogP contribution in [0.1, 0.15) is 17.3 Å². The van der Waals surface area contributed by atoms with Gasteiger partial charge in [0.1, 0.15) is 5.01 Å². The minimum absolute atomic E-state index is 0.0276. The van der Waals surface area contributed by atoms with Crippen LogP contribution in [0, 0.1) is 0 Å². The Hall–Kier alpha value is -0.500. The van der Waals surface area contributed by atoms with Crippen LogP contribution in [0.15, 0.2) is 23.1 Å². The van der Waals surface area contributed by atoms with Crippen LogP contribution in [0.2, 0.25) is 0 Å². The van der Waals surface area contributed by atoms with Crippen LogP contribution >= 0.6 is 48.4 Å². The molecule has 0 radical (unpaired) electrons. The van der Waals surface area contributed by atoms with E-state index >= 15 is 0 Å². The van der Waals surface area contributed by atoms with Crippen molar-refractivity contribution in [1.82, 2.24) is 4.98 Å². The summed E-state index contributed by atoms with van der Waals surface area (Å²) in [5.74, 6) is -0.611. The van der Waals surface area contributed by atoms with Crippen LogP contribution < -0.4 is 0 Å². The monoisotopic (exact) mass is 329 g/mol. The summed E-state index contributed by atoms with van der Waals surface area (Å²) >= 11 is 10.6. The summed E-state index contributed by atoms with van der Waals surface area (Å²) < 4.78 is 1.01. The second kappa shape index (κ2) is 6.30. The molecule has 7 heteroatoms. The van der Waals surface area contributed by atoms with Crippen molar-refractivity contribution in [3.63, 3.8) is 0 Å². The number of rotatable bonds is 5.